The van der Waals surface area contributed by atoms with Crippen LogP contribution in [0.25, 0.3) is 0 Å². The molecule has 0 radical (unpaired) electrons. The number of aromatic nitrogens is 2. The van der Waals surface area contributed by atoms with E-state index in [1.807, 2.05) is 6.92 Å². The third-order valence-electron chi connectivity index (χ3n) is 3.44. The van der Waals surface area contributed by atoms with Gasteiger partial charge >= 0.3 is 5.97 Å². The first-order valence-corrected chi connectivity index (χ1v) is 9.22. The summed E-state index contributed by atoms with van der Waals surface area (Å²) in [6.45, 7) is 6.71. The van der Waals surface area contributed by atoms with Crippen molar-refractivity contribution < 1.29 is 22.4 Å². The van der Waals surface area contributed by atoms with E-state index in [0.717, 1.165) is 5.56 Å². The number of hydrogen-bond donors (Lipinski definition) is 1. The lowest BCUT2D eigenvalue weighted by molar-refractivity contribution is -0.148. The summed E-state index contributed by atoms with van der Waals surface area (Å²) in [7, 11) is -3.85. The van der Waals surface area contributed by atoms with Gasteiger partial charge in [0.05, 0.1) is 4.90 Å². The Balaban J connectivity index is 2.08. The number of aryl methyl sites for hydroxylation is 2. The van der Waals surface area contributed by atoms with E-state index >= 15 is 0 Å². The van der Waals surface area contributed by atoms with Gasteiger partial charge in [0, 0.05) is 6.92 Å². The predicted octanol–water partition coefficient (Wildman–Crippen LogP) is 1.73. The van der Waals surface area contributed by atoms with Gasteiger partial charge in [0.15, 0.2) is 6.61 Å². The van der Waals surface area contributed by atoms with E-state index in [9.17, 15) is 13.2 Å². The Kier molecular flexibility index (Phi) is 5.91. The van der Waals surface area contributed by atoms with Crippen molar-refractivity contribution in [3.63, 3.8) is 0 Å². The molecule has 136 valence electrons. The molecule has 2 rings (SSSR count). The second kappa shape index (κ2) is 7.75. The summed E-state index contributed by atoms with van der Waals surface area (Å²) in [6.07, 6.45) is 0. The Hall–Kier alpha value is -2.26. The molecule has 0 aliphatic carbocycles. The minimum atomic E-state index is -3.85. The minimum absolute atomic E-state index is 0.0871. The molecule has 0 bridgehead atoms. The fourth-order valence-corrected chi connectivity index (χ4v) is 3.36. The smallest absolute Gasteiger partial charge is 0.324 e. The normalized spacial score (nSPS) is 13.0. The van der Waals surface area contributed by atoms with E-state index in [-0.39, 0.29) is 23.3 Å². The predicted molar refractivity (Wildman–Crippen MR) is 89.0 cm³/mol. The van der Waals surface area contributed by atoms with Crippen LogP contribution in [-0.2, 0) is 26.2 Å². The zero-order chi connectivity index (χ0) is 18.6. The first-order chi connectivity index (χ1) is 11.7. The Labute approximate surface area is 146 Å². The third kappa shape index (κ3) is 5.10. The van der Waals surface area contributed by atoms with Crippen LogP contribution in [0, 0.1) is 19.8 Å². The molecule has 25 heavy (non-hydrogen) atoms. The van der Waals surface area contributed by atoms with Crippen LogP contribution in [0.15, 0.2) is 33.6 Å². The van der Waals surface area contributed by atoms with E-state index in [4.69, 9.17) is 9.15 Å². The summed E-state index contributed by atoms with van der Waals surface area (Å²) in [5.41, 5.74) is 0.939. The zero-order valence-electron chi connectivity index (χ0n) is 14.5. The molecule has 2 aromatic rings. The molecule has 0 aliphatic rings. The number of carbonyl (C=O) groups excluding carboxylic acids is 1. The van der Waals surface area contributed by atoms with Crippen molar-refractivity contribution in [1.29, 1.82) is 0 Å². The van der Waals surface area contributed by atoms with E-state index in [2.05, 4.69) is 14.9 Å². The average Bonchev–Trinajstić information content (AvgIpc) is 2.96. The van der Waals surface area contributed by atoms with Gasteiger partial charge < -0.3 is 9.15 Å². The summed E-state index contributed by atoms with van der Waals surface area (Å²) in [5.74, 6) is -0.514. The van der Waals surface area contributed by atoms with Gasteiger partial charge in [-0.1, -0.05) is 31.5 Å². The SMILES string of the molecule is Cc1ccc(S(=O)(=O)N[C@H](C(=O)OCc2nnc(C)o2)C(C)C)cc1. The lowest BCUT2D eigenvalue weighted by Gasteiger charge is -2.20. The Morgan fingerprint density at radius 3 is 2.36 bits per heavy atom. The molecule has 0 amide bonds. The highest BCUT2D eigenvalue weighted by molar-refractivity contribution is 7.89. The van der Waals surface area contributed by atoms with Crippen LogP contribution in [0.2, 0.25) is 0 Å². The standard InChI is InChI=1S/C16H21N3O5S/c1-10(2)15(16(20)23-9-14-18-17-12(4)24-14)19-25(21,22)13-7-5-11(3)6-8-13/h5-8,10,15,19H,9H2,1-4H3/t15-/m0/s1. The van der Waals surface area contributed by atoms with Gasteiger partial charge in [0.2, 0.25) is 15.9 Å². The van der Waals surface area contributed by atoms with Crippen LogP contribution in [0.3, 0.4) is 0 Å². The molecule has 8 nitrogen and oxygen atoms in total. The molecule has 1 aromatic carbocycles. The second-order valence-electron chi connectivity index (χ2n) is 5.98. The van der Waals surface area contributed by atoms with E-state index in [1.54, 1.807) is 32.9 Å². The highest BCUT2D eigenvalue weighted by Crippen LogP contribution is 2.14. The van der Waals surface area contributed by atoms with Gasteiger partial charge in [-0.3, -0.25) is 4.79 Å². The quantitative estimate of drug-likeness (QED) is 0.742. The third-order valence-corrected chi connectivity index (χ3v) is 4.90. The van der Waals surface area contributed by atoms with Gasteiger partial charge in [-0.15, -0.1) is 10.2 Å². The van der Waals surface area contributed by atoms with Crippen LogP contribution in [0.4, 0.5) is 0 Å². The lowest BCUT2D eigenvalue weighted by atomic mass is 10.1. The average molecular weight is 367 g/mol. The number of benzene rings is 1. The topological polar surface area (TPSA) is 111 Å². The van der Waals surface area contributed by atoms with Crippen molar-refractivity contribution in [2.75, 3.05) is 0 Å². The highest BCUT2D eigenvalue weighted by Gasteiger charge is 2.30. The van der Waals surface area contributed by atoms with Gasteiger partial charge in [-0.2, -0.15) is 4.72 Å². The number of nitrogens with zero attached hydrogens (tertiary/aromatic N) is 2. The van der Waals surface area contributed by atoms with Gasteiger partial charge in [-0.05, 0) is 25.0 Å². The molecule has 0 aliphatic heterocycles. The number of sulfonamides is 1. The molecule has 9 heteroatoms. The Morgan fingerprint density at radius 2 is 1.84 bits per heavy atom. The van der Waals surface area contributed by atoms with Gasteiger partial charge in [-0.25, -0.2) is 8.42 Å². The molecule has 0 saturated carbocycles. The summed E-state index contributed by atoms with van der Waals surface area (Å²) >= 11 is 0. The summed E-state index contributed by atoms with van der Waals surface area (Å²) < 4.78 is 37.6. The second-order valence-corrected chi connectivity index (χ2v) is 7.69. The maximum Gasteiger partial charge on any atom is 0.324 e. The minimum Gasteiger partial charge on any atom is -0.454 e. The van der Waals surface area contributed by atoms with Crippen molar-refractivity contribution in [3.05, 3.63) is 41.6 Å². The molecule has 0 unspecified atom stereocenters. The number of ether oxygens (including phenoxy) is 1. The number of carbonyl (C=O) groups is 1. The van der Waals surface area contributed by atoms with E-state index < -0.39 is 22.0 Å². The maximum absolute atomic E-state index is 12.5. The van der Waals surface area contributed by atoms with Crippen molar-refractivity contribution in [3.8, 4) is 0 Å². The number of hydrogen-bond acceptors (Lipinski definition) is 7. The van der Waals surface area contributed by atoms with E-state index in [0.29, 0.717) is 5.89 Å². The first kappa shape index (κ1) is 19.1. The molecular formula is C16H21N3O5S. The molecule has 1 aromatic heterocycles. The molecule has 1 N–H and O–H groups in total. The van der Waals surface area contributed by atoms with Crippen LogP contribution in [0.5, 0.6) is 0 Å². The molecule has 0 saturated heterocycles. The Bertz CT molecular complexity index is 828. The summed E-state index contributed by atoms with van der Waals surface area (Å²) in [6, 6.07) is 5.32. The van der Waals surface area contributed by atoms with E-state index in [1.165, 1.54) is 12.1 Å². The van der Waals surface area contributed by atoms with Crippen molar-refractivity contribution in [2.24, 2.45) is 5.92 Å². The fraction of sp³-hybridized carbons (Fsp3) is 0.438. The molecular weight excluding hydrogens is 346 g/mol. The molecule has 1 heterocycles. The number of esters is 1. The van der Waals surface area contributed by atoms with Crippen molar-refractivity contribution >= 4 is 16.0 Å². The maximum atomic E-state index is 12.5. The van der Waals surface area contributed by atoms with Crippen molar-refractivity contribution in [1.82, 2.24) is 14.9 Å². The monoisotopic (exact) mass is 367 g/mol. The van der Waals surface area contributed by atoms with Gasteiger partial charge in [0.25, 0.3) is 5.89 Å². The number of nitrogens with one attached hydrogen (secondary N) is 1. The largest absolute Gasteiger partial charge is 0.454 e. The highest BCUT2D eigenvalue weighted by atomic mass is 32.2. The first-order valence-electron chi connectivity index (χ1n) is 7.73. The zero-order valence-corrected chi connectivity index (χ0v) is 15.3. The van der Waals surface area contributed by atoms with Crippen LogP contribution in [0.1, 0.15) is 31.2 Å². The summed E-state index contributed by atoms with van der Waals surface area (Å²) in [5, 5.41) is 7.35. The molecule has 0 spiro atoms. The van der Waals surface area contributed by atoms with Gasteiger partial charge in [0.1, 0.15) is 6.04 Å². The van der Waals surface area contributed by atoms with Crippen molar-refractivity contribution in [2.45, 2.75) is 45.2 Å². The Morgan fingerprint density at radius 1 is 1.20 bits per heavy atom. The number of rotatable bonds is 7. The van der Waals surface area contributed by atoms with Crippen LogP contribution >= 0.6 is 0 Å². The molecule has 0 fully saturated rings. The fourth-order valence-electron chi connectivity index (χ4n) is 2.03. The summed E-state index contributed by atoms with van der Waals surface area (Å²) in [4.78, 5) is 12.4. The van der Waals surface area contributed by atoms with Crippen LogP contribution < -0.4 is 4.72 Å². The lowest BCUT2D eigenvalue weighted by Crippen LogP contribution is -2.45. The van der Waals surface area contributed by atoms with Crippen LogP contribution in [-0.4, -0.2) is 30.6 Å². The molecule has 1 atom stereocenters.